The number of nitrogens with zero attached hydrogens (tertiary/aromatic N) is 1. The molecular weight excluding hydrogens is 260 g/mol. The molecule has 1 aromatic rings. The van der Waals surface area contributed by atoms with Crippen LogP contribution in [0.2, 0.25) is 0 Å². The van der Waals surface area contributed by atoms with Crippen LogP contribution in [0.25, 0.3) is 0 Å². The summed E-state index contributed by atoms with van der Waals surface area (Å²) in [5, 5.41) is 3.84. The Kier molecular flexibility index (Phi) is 7.76. The second-order valence-electron chi connectivity index (χ2n) is 6.49. The first kappa shape index (κ1) is 18.0. The van der Waals surface area contributed by atoms with Crippen LogP contribution in [0.1, 0.15) is 45.2 Å². The molecule has 0 aliphatic rings. The van der Waals surface area contributed by atoms with Crippen molar-refractivity contribution in [3.63, 3.8) is 0 Å². The van der Waals surface area contributed by atoms with Crippen molar-refractivity contribution in [1.82, 2.24) is 10.2 Å². The molecule has 2 unspecified atom stereocenters. The molecule has 0 saturated carbocycles. The number of benzene rings is 1. The Morgan fingerprint density at radius 3 is 2.19 bits per heavy atom. The summed E-state index contributed by atoms with van der Waals surface area (Å²) in [6.45, 7) is 7.90. The number of rotatable bonds is 9. The monoisotopic (exact) mass is 292 g/mol. The molecule has 0 fully saturated rings. The van der Waals surface area contributed by atoms with Gasteiger partial charge in [0, 0.05) is 18.6 Å². The second kappa shape index (κ2) is 9.06. The maximum Gasteiger partial charge on any atom is 0.118 e. The van der Waals surface area contributed by atoms with E-state index in [1.165, 1.54) is 12.0 Å². The van der Waals surface area contributed by atoms with Crippen LogP contribution in [0.15, 0.2) is 24.3 Å². The van der Waals surface area contributed by atoms with Gasteiger partial charge in [-0.1, -0.05) is 32.9 Å². The minimum absolute atomic E-state index is 0.402. The van der Waals surface area contributed by atoms with Gasteiger partial charge < -0.3 is 15.0 Å². The maximum absolute atomic E-state index is 5.24. The minimum Gasteiger partial charge on any atom is -0.497 e. The van der Waals surface area contributed by atoms with E-state index in [0.717, 1.165) is 18.7 Å². The lowest BCUT2D eigenvalue weighted by molar-refractivity contribution is 0.284. The van der Waals surface area contributed by atoms with Crippen molar-refractivity contribution in [2.24, 2.45) is 5.92 Å². The molecule has 0 aromatic heterocycles. The van der Waals surface area contributed by atoms with E-state index in [1.54, 1.807) is 7.11 Å². The molecule has 2 atom stereocenters. The van der Waals surface area contributed by atoms with E-state index in [4.69, 9.17) is 4.74 Å². The van der Waals surface area contributed by atoms with Crippen molar-refractivity contribution < 1.29 is 4.74 Å². The Bertz CT molecular complexity index is 377. The first-order chi connectivity index (χ1) is 9.96. The fourth-order valence-electron chi connectivity index (χ4n) is 2.78. The molecule has 0 spiro atoms. The summed E-state index contributed by atoms with van der Waals surface area (Å²) in [5.41, 5.74) is 1.34. The van der Waals surface area contributed by atoms with Crippen molar-refractivity contribution >= 4 is 0 Å². The van der Waals surface area contributed by atoms with Crippen LogP contribution < -0.4 is 10.1 Å². The van der Waals surface area contributed by atoms with Crippen molar-refractivity contribution in [2.75, 3.05) is 27.7 Å². The van der Waals surface area contributed by atoms with Crippen LogP contribution in [0, 0.1) is 5.92 Å². The van der Waals surface area contributed by atoms with Crippen LogP contribution >= 0.6 is 0 Å². The maximum atomic E-state index is 5.24. The zero-order chi connectivity index (χ0) is 15.8. The highest BCUT2D eigenvalue weighted by atomic mass is 16.5. The third kappa shape index (κ3) is 6.49. The zero-order valence-corrected chi connectivity index (χ0v) is 14.5. The van der Waals surface area contributed by atoms with Gasteiger partial charge >= 0.3 is 0 Å². The molecule has 0 saturated heterocycles. The van der Waals surface area contributed by atoms with E-state index in [0.29, 0.717) is 18.0 Å². The van der Waals surface area contributed by atoms with E-state index in [-0.39, 0.29) is 0 Å². The van der Waals surface area contributed by atoms with Gasteiger partial charge in [0.2, 0.25) is 0 Å². The first-order valence-corrected chi connectivity index (χ1v) is 8.01. The van der Waals surface area contributed by atoms with E-state index in [2.05, 4.69) is 57.2 Å². The summed E-state index contributed by atoms with van der Waals surface area (Å²) in [6.07, 6.45) is 2.29. The number of ether oxygens (including phenoxy) is 1. The normalized spacial score (nSPS) is 14.5. The molecule has 0 heterocycles. The SMILES string of the molecule is CCC(NC(CC(C)C)CN(C)C)c1ccc(OC)cc1. The average molecular weight is 292 g/mol. The van der Waals surface area contributed by atoms with Crippen LogP contribution in [0.4, 0.5) is 0 Å². The quantitative estimate of drug-likeness (QED) is 0.751. The standard InChI is InChI=1S/C18H32N2O/c1-7-18(15-8-10-17(21-6)11-9-15)19-16(12-14(2)3)13-20(4)5/h8-11,14,16,18-19H,7,12-13H2,1-6H3. The van der Waals surface area contributed by atoms with Gasteiger partial charge in [-0.15, -0.1) is 0 Å². The van der Waals surface area contributed by atoms with Crippen LogP contribution in [-0.2, 0) is 0 Å². The summed E-state index contributed by atoms with van der Waals surface area (Å²) in [6, 6.07) is 9.35. The van der Waals surface area contributed by atoms with Gasteiger partial charge in [-0.05, 0) is 50.6 Å². The molecule has 0 amide bonds. The Hall–Kier alpha value is -1.06. The van der Waals surface area contributed by atoms with E-state index in [1.807, 2.05) is 12.1 Å². The van der Waals surface area contributed by atoms with Crippen molar-refractivity contribution in [3.05, 3.63) is 29.8 Å². The van der Waals surface area contributed by atoms with E-state index in [9.17, 15) is 0 Å². The highest BCUT2D eigenvalue weighted by Crippen LogP contribution is 2.21. The molecule has 0 radical (unpaired) electrons. The molecule has 0 aliphatic heterocycles. The number of hydrogen-bond acceptors (Lipinski definition) is 3. The van der Waals surface area contributed by atoms with Gasteiger partial charge in [0.15, 0.2) is 0 Å². The molecule has 120 valence electrons. The summed E-state index contributed by atoms with van der Waals surface area (Å²) < 4.78 is 5.24. The Morgan fingerprint density at radius 2 is 1.76 bits per heavy atom. The van der Waals surface area contributed by atoms with Gasteiger partial charge in [-0.25, -0.2) is 0 Å². The zero-order valence-electron chi connectivity index (χ0n) is 14.5. The molecule has 1 rings (SSSR count). The fourth-order valence-corrected chi connectivity index (χ4v) is 2.78. The van der Waals surface area contributed by atoms with E-state index < -0.39 is 0 Å². The molecule has 0 bridgehead atoms. The van der Waals surface area contributed by atoms with Gasteiger partial charge in [-0.3, -0.25) is 0 Å². The lowest BCUT2D eigenvalue weighted by atomic mass is 9.99. The summed E-state index contributed by atoms with van der Waals surface area (Å²) in [7, 11) is 5.99. The molecule has 3 heteroatoms. The fraction of sp³-hybridized carbons (Fsp3) is 0.667. The highest BCUT2D eigenvalue weighted by molar-refractivity contribution is 5.29. The predicted octanol–water partition coefficient (Wildman–Crippen LogP) is 3.71. The molecule has 21 heavy (non-hydrogen) atoms. The Balaban J connectivity index is 2.75. The third-order valence-corrected chi connectivity index (χ3v) is 3.70. The first-order valence-electron chi connectivity index (χ1n) is 8.01. The lowest BCUT2D eigenvalue weighted by Gasteiger charge is -2.29. The van der Waals surface area contributed by atoms with Crippen LogP contribution in [0.3, 0.4) is 0 Å². The average Bonchev–Trinajstić information content (AvgIpc) is 2.43. The summed E-state index contributed by atoms with van der Waals surface area (Å²) >= 11 is 0. The van der Waals surface area contributed by atoms with Crippen molar-refractivity contribution in [2.45, 2.75) is 45.7 Å². The summed E-state index contributed by atoms with van der Waals surface area (Å²) in [4.78, 5) is 2.26. The number of hydrogen-bond donors (Lipinski definition) is 1. The third-order valence-electron chi connectivity index (χ3n) is 3.70. The number of methoxy groups -OCH3 is 1. The molecule has 1 aromatic carbocycles. The molecular formula is C18H32N2O. The van der Waals surface area contributed by atoms with Crippen molar-refractivity contribution in [3.8, 4) is 5.75 Å². The topological polar surface area (TPSA) is 24.5 Å². The Morgan fingerprint density at radius 1 is 1.14 bits per heavy atom. The number of likely N-dealkylation sites (N-methyl/N-ethyl adjacent to an activating group) is 1. The van der Waals surface area contributed by atoms with Gasteiger partial charge in [0.1, 0.15) is 5.75 Å². The Labute approximate surface area is 130 Å². The van der Waals surface area contributed by atoms with Gasteiger partial charge in [0.25, 0.3) is 0 Å². The van der Waals surface area contributed by atoms with Gasteiger partial charge in [0.05, 0.1) is 7.11 Å². The summed E-state index contributed by atoms with van der Waals surface area (Å²) in [5.74, 6) is 1.62. The predicted molar refractivity (Wildman–Crippen MR) is 91.0 cm³/mol. The van der Waals surface area contributed by atoms with Gasteiger partial charge in [-0.2, -0.15) is 0 Å². The smallest absolute Gasteiger partial charge is 0.118 e. The van der Waals surface area contributed by atoms with Crippen LogP contribution in [0.5, 0.6) is 5.75 Å². The molecule has 3 nitrogen and oxygen atoms in total. The van der Waals surface area contributed by atoms with E-state index >= 15 is 0 Å². The highest BCUT2D eigenvalue weighted by Gasteiger charge is 2.17. The molecule has 1 N–H and O–H groups in total. The van der Waals surface area contributed by atoms with Crippen molar-refractivity contribution in [1.29, 1.82) is 0 Å². The largest absolute Gasteiger partial charge is 0.497 e. The second-order valence-corrected chi connectivity index (χ2v) is 6.49. The minimum atomic E-state index is 0.402. The number of nitrogens with one attached hydrogen (secondary N) is 1. The van der Waals surface area contributed by atoms with Crippen LogP contribution in [-0.4, -0.2) is 38.7 Å². The lowest BCUT2D eigenvalue weighted by Crippen LogP contribution is -2.41. The molecule has 0 aliphatic carbocycles.